The van der Waals surface area contributed by atoms with Crippen LogP contribution in [-0.2, 0) is 9.53 Å². The number of rotatable bonds is 4. The molecule has 0 N–H and O–H groups in total. The predicted molar refractivity (Wildman–Crippen MR) is 118 cm³/mol. The predicted octanol–water partition coefficient (Wildman–Crippen LogP) is 3.71. The maximum Gasteiger partial charge on any atom is 0.348 e. The summed E-state index contributed by atoms with van der Waals surface area (Å²) in [5.41, 5.74) is 0.884. The van der Waals surface area contributed by atoms with E-state index in [1.807, 2.05) is 20.8 Å². The summed E-state index contributed by atoms with van der Waals surface area (Å²) in [5.74, 6) is 1.71. The first-order valence-electron chi connectivity index (χ1n) is 11.0. The number of anilines is 1. The summed E-state index contributed by atoms with van der Waals surface area (Å²) in [6, 6.07) is 0. The van der Waals surface area contributed by atoms with E-state index in [0.717, 1.165) is 73.5 Å². The van der Waals surface area contributed by atoms with Gasteiger partial charge in [-0.2, -0.15) is 0 Å². The van der Waals surface area contributed by atoms with E-state index >= 15 is 0 Å². The van der Waals surface area contributed by atoms with E-state index in [-0.39, 0.29) is 11.9 Å². The highest BCUT2D eigenvalue weighted by molar-refractivity contribution is 7.20. The van der Waals surface area contributed by atoms with Crippen LogP contribution in [-0.4, -0.2) is 59.5 Å². The fraction of sp³-hybridized carbons (Fsp3) is 0.636. The lowest BCUT2D eigenvalue weighted by Crippen LogP contribution is -2.44. The van der Waals surface area contributed by atoms with Gasteiger partial charge in [0.1, 0.15) is 21.3 Å². The van der Waals surface area contributed by atoms with Crippen molar-refractivity contribution in [2.24, 2.45) is 5.92 Å². The molecule has 2 saturated heterocycles. The van der Waals surface area contributed by atoms with E-state index in [1.165, 1.54) is 17.8 Å². The number of hydrogen-bond acceptors (Lipinski definition) is 7. The molecule has 8 heteroatoms. The van der Waals surface area contributed by atoms with Gasteiger partial charge < -0.3 is 14.5 Å². The van der Waals surface area contributed by atoms with Gasteiger partial charge in [-0.1, -0.05) is 0 Å². The lowest BCUT2D eigenvalue weighted by atomic mass is 9.94. The van der Waals surface area contributed by atoms with E-state index in [9.17, 15) is 9.59 Å². The molecule has 4 heterocycles. The SMILES string of the molecule is CCOC(=O)c1sc2nc(C)nc(N3CCC(C(=O)N4CCCCC4)CC3)c2c1C. The van der Waals surface area contributed by atoms with Crippen LogP contribution in [0.1, 0.15) is 60.1 Å². The summed E-state index contributed by atoms with van der Waals surface area (Å²) in [5, 5.41) is 0.939. The highest BCUT2D eigenvalue weighted by Gasteiger charge is 2.31. The van der Waals surface area contributed by atoms with E-state index in [0.29, 0.717) is 23.2 Å². The minimum Gasteiger partial charge on any atom is -0.462 e. The van der Waals surface area contributed by atoms with E-state index in [2.05, 4.69) is 14.8 Å². The third-order valence-corrected chi connectivity index (χ3v) is 7.32. The summed E-state index contributed by atoms with van der Waals surface area (Å²) in [6.07, 6.45) is 5.17. The fourth-order valence-electron chi connectivity index (χ4n) is 4.55. The molecule has 0 aromatic carbocycles. The number of nitrogens with zero attached hydrogens (tertiary/aromatic N) is 4. The van der Waals surface area contributed by atoms with Crippen molar-refractivity contribution in [2.75, 3.05) is 37.7 Å². The maximum absolute atomic E-state index is 12.9. The molecule has 0 spiro atoms. The summed E-state index contributed by atoms with van der Waals surface area (Å²) >= 11 is 1.38. The lowest BCUT2D eigenvalue weighted by molar-refractivity contribution is -0.137. The van der Waals surface area contributed by atoms with Crippen LogP contribution in [0.3, 0.4) is 0 Å². The number of thiophene rings is 1. The lowest BCUT2D eigenvalue weighted by Gasteiger charge is -2.36. The number of esters is 1. The van der Waals surface area contributed by atoms with Crippen molar-refractivity contribution in [3.05, 3.63) is 16.3 Å². The maximum atomic E-state index is 12.9. The van der Waals surface area contributed by atoms with Gasteiger partial charge in [0, 0.05) is 32.1 Å². The minimum absolute atomic E-state index is 0.108. The van der Waals surface area contributed by atoms with Gasteiger partial charge in [-0.15, -0.1) is 11.3 Å². The molecule has 0 aliphatic carbocycles. The molecule has 4 rings (SSSR count). The van der Waals surface area contributed by atoms with Crippen LogP contribution in [0.25, 0.3) is 10.2 Å². The molecule has 0 atom stereocenters. The van der Waals surface area contributed by atoms with Crippen LogP contribution in [0.2, 0.25) is 0 Å². The molecule has 1 amide bonds. The topological polar surface area (TPSA) is 75.6 Å². The van der Waals surface area contributed by atoms with Crippen molar-refractivity contribution in [1.29, 1.82) is 0 Å². The van der Waals surface area contributed by atoms with Crippen molar-refractivity contribution in [3.63, 3.8) is 0 Å². The molecule has 30 heavy (non-hydrogen) atoms. The molecule has 0 bridgehead atoms. The molecule has 0 saturated carbocycles. The Morgan fingerprint density at radius 2 is 1.77 bits per heavy atom. The molecule has 0 radical (unpaired) electrons. The highest BCUT2D eigenvalue weighted by atomic mass is 32.1. The van der Waals surface area contributed by atoms with Crippen molar-refractivity contribution >= 4 is 39.2 Å². The number of amides is 1. The van der Waals surface area contributed by atoms with Crippen LogP contribution < -0.4 is 4.90 Å². The number of hydrogen-bond donors (Lipinski definition) is 0. The number of carbonyl (C=O) groups excluding carboxylic acids is 2. The Balaban J connectivity index is 1.55. The summed E-state index contributed by atoms with van der Waals surface area (Å²) in [7, 11) is 0. The van der Waals surface area contributed by atoms with Gasteiger partial charge >= 0.3 is 5.97 Å². The zero-order valence-corrected chi connectivity index (χ0v) is 18.9. The molecular weight excluding hydrogens is 400 g/mol. The molecule has 2 aromatic rings. The second kappa shape index (κ2) is 8.88. The second-order valence-corrected chi connectivity index (χ2v) is 9.20. The van der Waals surface area contributed by atoms with E-state index in [1.54, 1.807) is 0 Å². The number of carbonyl (C=O) groups is 2. The first-order chi connectivity index (χ1) is 14.5. The second-order valence-electron chi connectivity index (χ2n) is 8.20. The quantitative estimate of drug-likeness (QED) is 0.688. The molecular formula is C22H30N4O3S. The normalized spacial score (nSPS) is 18.1. The Morgan fingerprint density at radius 1 is 1.07 bits per heavy atom. The van der Waals surface area contributed by atoms with Crippen LogP contribution in [0.5, 0.6) is 0 Å². The number of aryl methyl sites for hydroxylation is 2. The molecule has 0 unspecified atom stereocenters. The van der Waals surface area contributed by atoms with Gasteiger partial charge in [0.25, 0.3) is 0 Å². The van der Waals surface area contributed by atoms with Crippen LogP contribution in [0.15, 0.2) is 0 Å². The Hall–Kier alpha value is -2.22. The van der Waals surface area contributed by atoms with Crippen LogP contribution in [0, 0.1) is 19.8 Å². The monoisotopic (exact) mass is 430 g/mol. The molecule has 7 nitrogen and oxygen atoms in total. The summed E-state index contributed by atoms with van der Waals surface area (Å²) in [6.45, 7) is 9.40. The summed E-state index contributed by atoms with van der Waals surface area (Å²) in [4.78, 5) is 40.3. The summed E-state index contributed by atoms with van der Waals surface area (Å²) < 4.78 is 5.22. The average Bonchev–Trinajstić information content (AvgIpc) is 3.10. The zero-order chi connectivity index (χ0) is 21.3. The van der Waals surface area contributed by atoms with Gasteiger partial charge in [0.2, 0.25) is 5.91 Å². The van der Waals surface area contributed by atoms with Crippen molar-refractivity contribution in [1.82, 2.24) is 14.9 Å². The number of aromatic nitrogens is 2. The third-order valence-electron chi connectivity index (χ3n) is 6.16. The van der Waals surface area contributed by atoms with Gasteiger partial charge in [-0.05, 0) is 58.4 Å². The van der Waals surface area contributed by atoms with Gasteiger partial charge in [0.15, 0.2) is 0 Å². The average molecular weight is 431 g/mol. The number of ether oxygens (including phenoxy) is 1. The first-order valence-corrected chi connectivity index (χ1v) is 11.8. The Kier molecular flexibility index (Phi) is 6.22. The smallest absolute Gasteiger partial charge is 0.348 e. The van der Waals surface area contributed by atoms with Crippen molar-refractivity contribution in [3.8, 4) is 0 Å². The van der Waals surface area contributed by atoms with Crippen molar-refractivity contribution in [2.45, 2.75) is 52.9 Å². The molecule has 2 aliphatic rings. The molecule has 2 aromatic heterocycles. The van der Waals surface area contributed by atoms with Gasteiger partial charge in [-0.25, -0.2) is 14.8 Å². The Bertz CT molecular complexity index is 943. The Morgan fingerprint density at radius 3 is 2.43 bits per heavy atom. The Labute approximate surface area is 181 Å². The fourth-order valence-corrected chi connectivity index (χ4v) is 5.67. The highest BCUT2D eigenvalue weighted by Crippen LogP contribution is 2.37. The first kappa shape index (κ1) is 21.0. The van der Waals surface area contributed by atoms with Crippen LogP contribution in [0.4, 0.5) is 5.82 Å². The number of likely N-dealkylation sites (tertiary alicyclic amines) is 1. The standard InChI is InChI=1S/C22H30N4O3S/c1-4-29-22(28)18-14(2)17-19(23-15(3)24-20(17)30-18)25-12-8-16(9-13-25)21(27)26-10-6-5-7-11-26/h16H,4-13H2,1-3H3. The largest absolute Gasteiger partial charge is 0.462 e. The van der Waals surface area contributed by atoms with E-state index in [4.69, 9.17) is 9.72 Å². The third kappa shape index (κ3) is 4.02. The van der Waals surface area contributed by atoms with Crippen molar-refractivity contribution < 1.29 is 14.3 Å². The number of fused-ring (bicyclic) bond motifs is 1. The van der Waals surface area contributed by atoms with E-state index < -0.39 is 0 Å². The van der Waals surface area contributed by atoms with Crippen LogP contribution >= 0.6 is 11.3 Å². The minimum atomic E-state index is -0.299. The molecule has 2 aliphatic heterocycles. The molecule has 2 fully saturated rings. The number of piperidine rings is 2. The van der Waals surface area contributed by atoms with Gasteiger partial charge in [-0.3, -0.25) is 4.79 Å². The molecule has 162 valence electrons. The zero-order valence-electron chi connectivity index (χ0n) is 18.1. The van der Waals surface area contributed by atoms with Gasteiger partial charge in [0.05, 0.1) is 12.0 Å².